The normalized spacial score (nSPS) is 15.7. The summed E-state index contributed by atoms with van der Waals surface area (Å²) >= 11 is 6.89. The first-order valence-electron chi connectivity index (χ1n) is 16.1. The van der Waals surface area contributed by atoms with Crippen molar-refractivity contribution < 1.29 is 0 Å². The third-order valence-electron chi connectivity index (χ3n) is 9.03. The van der Waals surface area contributed by atoms with Crippen LogP contribution in [0.5, 0.6) is 0 Å². The molecule has 2 atom stereocenters. The van der Waals surface area contributed by atoms with Crippen LogP contribution in [0, 0.1) is 11.3 Å². The van der Waals surface area contributed by atoms with Gasteiger partial charge in [0.25, 0.3) is 0 Å². The van der Waals surface area contributed by atoms with Gasteiger partial charge in [-0.15, -0.1) is 5.10 Å². The minimum atomic E-state index is -0.269. The van der Waals surface area contributed by atoms with Gasteiger partial charge < -0.3 is 10.6 Å². The average Bonchev–Trinajstić information content (AvgIpc) is 3.56. The number of benzene rings is 3. The first-order valence-corrected chi connectivity index (χ1v) is 16.4. The lowest BCUT2D eigenvalue weighted by Crippen LogP contribution is -2.46. The largest absolute Gasteiger partial charge is 0.377 e. The van der Waals surface area contributed by atoms with Crippen molar-refractivity contribution in [2.24, 2.45) is 0 Å². The maximum absolute atomic E-state index is 10.1. The van der Waals surface area contributed by atoms with Gasteiger partial charge in [0.05, 0.1) is 46.1 Å². The molecule has 236 valence electrons. The molecule has 1 aliphatic rings. The minimum absolute atomic E-state index is 0.0108. The number of halogens is 1. The van der Waals surface area contributed by atoms with Crippen LogP contribution in [0.4, 0.5) is 11.4 Å². The van der Waals surface area contributed by atoms with Crippen LogP contribution in [-0.4, -0.2) is 43.5 Å². The number of fused-ring (bicyclic) bond motifs is 1. The Kier molecular flexibility index (Phi) is 9.25. The van der Waals surface area contributed by atoms with Crippen LogP contribution < -0.4 is 10.6 Å². The predicted octanol–water partition coefficient (Wildman–Crippen LogP) is 8.55. The number of nitrogens with zero attached hydrogens (tertiary/aromatic N) is 6. The van der Waals surface area contributed by atoms with Crippen LogP contribution in [0.2, 0.25) is 5.02 Å². The number of hydrogen-bond acceptors (Lipinski definition) is 7. The molecule has 9 heteroatoms. The minimum Gasteiger partial charge on any atom is -0.377 e. The van der Waals surface area contributed by atoms with Crippen molar-refractivity contribution in [3.05, 3.63) is 113 Å². The van der Waals surface area contributed by atoms with Gasteiger partial charge in [-0.3, -0.25) is 9.88 Å². The molecular formula is C37H41ClN8. The fourth-order valence-electron chi connectivity index (χ4n) is 6.41. The highest BCUT2D eigenvalue weighted by molar-refractivity contribution is 6.35. The summed E-state index contributed by atoms with van der Waals surface area (Å²) in [4.78, 5) is 7.12. The Morgan fingerprint density at radius 1 is 0.978 bits per heavy atom. The summed E-state index contributed by atoms with van der Waals surface area (Å²) in [5, 5.41) is 28.0. The summed E-state index contributed by atoms with van der Waals surface area (Å²) in [6, 6.07) is 26.8. The van der Waals surface area contributed by atoms with Crippen LogP contribution in [-0.2, 0) is 0 Å². The SMILES string of the molecule is CCC(Nc1c(C#N)cnc2c(Cl)cc(NC(c3ccccc3)c3cn(C4CCN(C(C)(C)C)CC4)nn3)cc12)c1ccccc1. The highest BCUT2D eigenvalue weighted by atomic mass is 35.5. The third-order valence-corrected chi connectivity index (χ3v) is 9.32. The molecule has 0 bridgehead atoms. The van der Waals surface area contributed by atoms with Gasteiger partial charge in [-0.1, -0.05) is 84.4 Å². The van der Waals surface area contributed by atoms with E-state index < -0.39 is 0 Å². The number of anilines is 2. The molecule has 0 saturated carbocycles. The van der Waals surface area contributed by atoms with Crippen molar-refractivity contribution in [3.63, 3.8) is 0 Å². The highest BCUT2D eigenvalue weighted by Gasteiger charge is 2.29. The summed E-state index contributed by atoms with van der Waals surface area (Å²) in [5.41, 5.74) is 5.83. The maximum Gasteiger partial charge on any atom is 0.109 e. The predicted molar refractivity (Wildman–Crippen MR) is 186 cm³/mol. The Labute approximate surface area is 276 Å². The van der Waals surface area contributed by atoms with Crippen LogP contribution in [0.15, 0.2) is 85.2 Å². The van der Waals surface area contributed by atoms with Crippen LogP contribution >= 0.6 is 11.6 Å². The fraction of sp³-hybridized carbons (Fsp3) is 0.351. The van der Waals surface area contributed by atoms with Gasteiger partial charge in [0, 0.05) is 35.9 Å². The number of aromatic nitrogens is 4. The Morgan fingerprint density at radius 2 is 1.65 bits per heavy atom. The maximum atomic E-state index is 10.1. The Hall–Kier alpha value is -4.45. The van der Waals surface area contributed by atoms with Gasteiger partial charge in [0.15, 0.2) is 0 Å². The molecular weight excluding hydrogens is 592 g/mol. The first-order chi connectivity index (χ1) is 22.2. The summed E-state index contributed by atoms with van der Waals surface area (Å²) in [5.74, 6) is 0. The number of hydrogen-bond donors (Lipinski definition) is 2. The number of rotatable bonds is 9. The lowest BCUT2D eigenvalue weighted by Gasteiger charge is -2.40. The van der Waals surface area contributed by atoms with Gasteiger partial charge in [0.1, 0.15) is 11.8 Å². The third kappa shape index (κ3) is 6.72. The van der Waals surface area contributed by atoms with Crippen LogP contribution in [0.25, 0.3) is 10.9 Å². The second-order valence-electron chi connectivity index (χ2n) is 13.0. The smallest absolute Gasteiger partial charge is 0.109 e. The lowest BCUT2D eigenvalue weighted by molar-refractivity contribution is 0.0866. The molecule has 2 unspecified atom stereocenters. The molecule has 2 N–H and O–H groups in total. The molecule has 0 radical (unpaired) electrons. The van der Waals surface area contributed by atoms with E-state index in [-0.39, 0.29) is 17.6 Å². The number of pyridine rings is 1. The molecule has 1 aliphatic heterocycles. The molecule has 3 aromatic carbocycles. The van der Waals surface area contributed by atoms with Crippen molar-refractivity contribution in [1.82, 2.24) is 24.9 Å². The number of piperidine rings is 1. The van der Waals surface area contributed by atoms with Gasteiger partial charge >= 0.3 is 0 Å². The monoisotopic (exact) mass is 632 g/mol. The summed E-state index contributed by atoms with van der Waals surface area (Å²) in [6.45, 7) is 11.0. The van der Waals surface area contributed by atoms with Gasteiger partial charge in [-0.25, -0.2) is 4.68 Å². The van der Waals surface area contributed by atoms with Crippen LogP contribution in [0.3, 0.4) is 0 Å². The van der Waals surface area contributed by atoms with Gasteiger partial charge in [-0.05, 0) is 63.3 Å². The van der Waals surface area contributed by atoms with E-state index in [4.69, 9.17) is 11.6 Å². The fourth-order valence-corrected chi connectivity index (χ4v) is 6.67. The van der Waals surface area contributed by atoms with E-state index >= 15 is 0 Å². The standard InChI is InChI=1S/C37H41ClN8/c1-5-32(25-12-8-6-9-13-25)42-34-27(22-39)23-40-36-30(34)20-28(21-31(36)38)41-35(26-14-10-7-11-15-26)33-24-46(44-43-33)29-16-18-45(19-17-29)37(2,3)4/h6-15,20-21,23-24,29,32,35,41H,5,16-19H2,1-4H3,(H,40,42). The second-order valence-corrected chi connectivity index (χ2v) is 13.4. The van der Waals surface area contributed by atoms with E-state index in [1.54, 1.807) is 6.20 Å². The number of nitrogens with one attached hydrogen (secondary N) is 2. The number of nitriles is 1. The van der Waals surface area contributed by atoms with Crippen molar-refractivity contribution in [3.8, 4) is 6.07 Å². The van der Waals surface area contributed by atoms with E-state index in [9.17, 15) is 5.26 Å². The first kappa shape index (κ1) is 31.5. The summed E-state index contributed by atoms with van der Waals surface area (Å²) < 4.78 is 2.04. The van der Waals surface area contributed by atoms with Gasteiger partial charge in [0.2, 0.25) is 0 Å². The van der Waals surface area contributed by atoms with Crippen molar-refractivity contribution in [2.45, 2.75) is 70.6 Å². The Balaban J connectivity index is 1.34. The molecule has 0 amide bonds. The topological polar surface area (TPSA) is 94.7 Å². The average molecular weight is 633 g/mol. The van der Waals surface area contributed by atoms with E-state index in [1.807, 2.05) is 53.2 Å². The lowest BCUT2D eigenvalue weighted by atomic mass is 9.98. The second kappa shape index (κ2) is 13.5. The molecule has 0 aliphatic carbocycles. The molecule has 1 saturated heterocycles. The van der Waals surface area contributed by atoms with Crippen molar-refractivity contribution in [1.29, 1.82) is 5.26 Å². The zero-order valence-corrected chi connectivity index (χ0v) is 27.7. The highest BCUT2D eigenvalue weighted by Crippen LogP contribution is 2.37. The zero-order valence-electron chi connectivity index (χ0n) is 26.9. The Bertz CT molecular complexity index is 1820. The van der Waals surface area contributed by atoms with E-state index in [1.165, 1.54) is 0 Å². The molecule has 8 nitrogen and oxygen atoms in total. The van der Waals surface area contributed by atoms with Crippen molar-refractivity contribution >= 4 is 33.9 Å². The Morgan fingerprint density at radius 3 is 2.28 bits per heavy atom. The quantitative estimate of drug-likeness (QED) is 0.168. The van der Waals surface area contributed by atoms with Gasteiger partial charge in [-0.2, -0.15) is 5.26 Å². The molecule has 6 rings (SSSR count). The molecule has 5 aromatic rings. The molecule has 0 spiro atoms. The van der Waals surface area contributed by atoms with E-state index in [0.717, 1.165) is 65.9 Å². The summed E-state index contributed by atoms with van der Waals surface area (Å²) in [6.07, 6.45) is 6.59. The number of likely N-dealkylation sites (tertiary alicyclic amines) is 1. The van der Waals surface area contributed by atoms with E-state index in [0.29, 0.717) is 22.1 Å². The molecule has 46 heavy (non-hydrogen) atoms. The zero-order chi connectivity index (χ0) is 32.3. The van der Waals surface area contributed by atoms with Crippen molar-refractivity contribution in [2.75, 3.05) is 23.7 Å². The molecule has 1 fully saturated rings. The molecule has 3 heterocycles. The van der Waals surface area contributed by atoms with Crippen LogP contribution in [0.1, 0.15) is 87.5 Å². The van der Waals surface area contributed by atoms with E-state index in [2.05, 4.69) is 95.1 Å². The summed E-state index contributed by atoms with van der Waals surface area (Å²) in [7, 11) is 0. The molecule has 2 aromatic heterocycles.